The molecule has 0 aliphatic heterocycles. The second kappa shape index (κ2) is 7.20. The van der Waals surface area contributed by atoms with Gasteiger partial charge in [0.2, 0.25) is 0 Å². The fourth-order valence-corrected chi connectivity index (χ4v) is 2.78. The number of carbonyl (C=O) groups excluding carboxylic acids is 1. The molecule has 2 aromatic rings. The van der Waals surface area contributed by atoms with Crippen LogP contribution in [0.1, 0.15) is 35.5 Å². The Labute approximate surface area is 123 Å². The maximum Gasteiger partial charge on any atom is 0.159 e. The van der Waals surface area contributed by atoms with Crippen LogP contribution in [0.2, 0.25) is 0 Å². The van der Waals surface area contributed by atoms with Crippen LogP contribution in [0, 0.1) is 0 Å². The molecule has 0 saturated carbocycles. The van der Waals surface area contributed by atoms with E-state index in [0.29, 0.717) is 6.61 Å². The standard InChI is InChI=1S/C16H18O3S/c1-3-18-16-7-6-13(12(2)17)9-14(16)10-20-11-15-5-4-8-19-15/h4-9H,3,10-11H2,1-2H3. The molecule has 106 valence electrons. The summed E-state index contributed by atoms with van der Waals surface area (Å²) < 4.78 is 10.9. The van der Waals surface area contributed by atoms with E-state index in [1.165, 1.54) is 0 Å². The molecule has 0 fully saturated rings. The summed E-state index contributed by atoms with van der Waals surface area (Å²) in [6.07, 6.45) is 1.68. The van der Waals surface area contributed by atoms with E-state index >= 15 is 0 Å². The molecule has 0 saturated heterocycles. The lowest BCUT2D eigenvalue weighted by Gasteiger charge is -2.11. The molecule has 2 rings (SSSR count). The first kappa shape index (κ1) is 14.7. The van der Waals surface area contributed by atoms with E-state index in [9.17, 15) is 4.79 Å². The molecule has 0 unspecified atom stereocenters. The predicted molar refractivity (Wildman–Crippen MR) is 81.3 cm³/mol. The fourth-order valence-electron chi connectivity index (χ4n) is 1.86. The third-order valence-corrected chi connectivity index (χ3v) is 3.85. The Bertz CT molecular complexity index is 561. The molecule has 0 atom stereocenters. The minimum absolute atomic E-state index is 0.0744. The quantitative estimate of drug-likeness (QED) is 0.712. The molecule has 0 aliphatic rings. The van der Waals surface area contributed by atoms with Gasteiger partial charge in [-0.05, 0) is 44.2 Å². The van der Waals surface area contributed by atoms with Crippen molar-refractivity contribution in [1.82, 2.24) is 0 Å². The van der Waals surface area contributed by atoms with Crippen LogP contribution in [0.3, 0.4) is 0 Å². The Morgan fingerprint density at radius 1 is 1.30 bits per heavy atom. The van der Waals surface area contributed by atoms with Crippen LogP contribution in [-0.4, -0.2) is 12.4 Å². The van der Waals surface area contributed by atoms with Crippen molar-refractivity contribution < 1.29 is 13.9 Å². The highest BCUT2D eigenvalue weighted by molar-refractivity contribution is 7.97. The van der Waals surface area contributed by atoms with E-state index in [-0.39, 0.29) is 5.78 Å². The van der Waals surface area contributed by atoms with Crippen molar-refractivity contribution in [3.05, 3.63) is 53.5 Å². The minimum atomic E-state index is 0.0744. The summed E-state index contributed by atoms with van der Waals surface area (Å²) in [5.74, 6) is 3.48. The zero-order valence-corrected chi connectivity index (χ0v) is 12.5. The highest BCUT2D eigenvalue weighted by Gasteiger charge is 2.08. The number of benzene rings is 1. The number of rotatable bonds is 7. The highest BCUT2D eigenvalue weighted by Crippen LogP contribution is 2.27. The van der Waals surface area contributed by atoms with Crippen LogP contribution in [0.4, 0.5) is 0 Å². The van der Waals surface area contributed by atoms with Crippen molar-refractivity contribution in [2.75, 3.05) is 6.61 Å². The first-order valence-corrected chi connectivity index (χ1v) is 7.73. The Balaban J connectivity index is 2.06. The molecule has 20 heavy (non-hydrogen) atoms. The Hall–Kier alpha value is -1.68. The SMILES string of the molecule is CCOc1ccc(C(C)=O)cc1CSCc1ccco1. The summed E-state index contributed by atoms with van der Waals surface area (Å²) >= 11 is 1.74. The lowest BCUT2D eigenvalue weighted by Crippen LogP contribution is -1.99. The number of carbonyl (C=O) groups is 1. The van der Waals surface area contributed by atoms with E-state index < -0.39 is 0 Å². The van der Waals surface area contributed by atoms with Crippen LogP contribution in [-0.2, 0) is 11.5 Å². The summed E-state index contributed by atoms with van der Waals surface area (Å²) in [6, 6.07) is 9.46. The predicted octanol–water partition coefficient (Wildman–Crippen LogP) is 4.31. The van der Waals surface area contributed by atoms with Crippen molar-refractivity contribution in [2.45, 2.75) is 25.4 Å². The number of thioether (sulfide) groups is 1. The molecule has 0 bridgehead atoms. The lowest BCUT2D eigenvalue weighted by atomic mass is 10.1. The first-order chi connectivity index (χ1) is 9.70. The Kier molecular flexibility index (Phi) is 5.30. The van der Waals surface area contributed by atoms with Gasteiger partial charge in [-0.15, -0.1) is 11.8 Å². The smallest absolute Gasteiger partial charge is 0.159 e. The normalized spacial score (nSPS) is 10.5. The highest BCUT2D eigenvalue weighted by atomic mass is 32.2. The van der Waals surface area contributed by atoms with Crippen LogP contribution >= 0.6 is 11.8 Å². The van der Waals surface area contributed by atoms with Gasteiger partial charge in [0.15, 0.2) is 5.78 Å². The molecule has 1 aromatic heterocycles. The number of furan rings is 1. The number of ketones is 1. The van der Waals surface area contributed by atoms with Gasteiger partial charge in [0.1, 0.15) is 11.5 Å². The van der Waals surface area contributed by atoms with Crippen molar-refractivity contribution in [2.24, 2.45) is 0 Å². The molecule has 3 nitrogen and oxygen atoms in total. The first-order valence-electron chi connectivity index (χ1n) is 6.57. The van der Waals surface area contributed by atoms with Gasteiger partial charge in [-0.3, -0.25) is 4.79 Å². The van der Waals surface area contributed by atoms with Gasteiger partial charge in [0.25, 0.3) is 0 Å². The molecule has 0 amide bonds. The van der Waals surface area contributed by atoms with E-state index in [2.05, 4.69) is 0 Å². The molecule has 0 aliphatic carbocycles. The Morgan fingerprint density at radius 2 is 2.15 bits per heavy atom. The van der Waals surface area contributed by atoms with E-state index in [1.807, 2.05) is 37.3 Å². The molecular formula is C16H18O3S. The zero-order chi connectivity index (χ0) is 14.4. The average Bonchev–Trinajstić information content (AvgIpc) is 2.93. The topological polar surface area (TPSA) is 39.4 Å². The van der Waals surface area contributed by atoms with Crippen LogP contribution in [0.15, 0.2) is 41.0 Å². The van der Waals surface area contributed by atoms with Gasteiger partial charge in [-0.25, -0.2) is 0 Å². The Morgan fingerprint density at radius 3 is 2.80 bits per heavy atom. The minimum Gasteiger partial charge on any atom is -0.494 e. The number of ether oxygens (including phenoxy) is 1. The molecule has 0 radical (unpaired) electrons. The van der Waals surface area contributed by atoms with E-state index in [1.54, 1.807) is 24.9 Å². The third kappa shape index (κ3) is 3.90. The van der Waals surface area contributed by atoms with Gasteiger partial charge in [-0.1, -0.05) is 0 Å². The van der Waals surface area contributed by atoms with E-state index in [4.69, 9.17) is 9.15 Å². The van der Waals surface area contributed by atoms with Gasteiger partial charge in [-0.2, -0.15) is 0 Å². The van der Waals surface area contributed by atoms with Crippen molar-refractivity contribution in [1.29, 1.82) is 0 Å². The zero-order valence-electron chi connectivity index (χ0n) is 11.7. The summed E-state index contributed by atoms with van der Waals surface area (Å²) in [6.45, 7) is 4.16. The monoisotopic (exact) mass is 290 g/mol. The number of Topliss-reactive ketones (excluding diaryl/α,β-unsaturated/α-hetero) is 1. The van der Waals surface area contributed by atoms with Gasteiger partial charge in [0, 0.05) is 16.9 Å². The molecule has 0 N–H and O–H groups in total. The van der Waals surface area contributed by atoms with Crippen molar-refractivity contribution in [3.8, 4) is 5.75 Å². The van der Waals surface area contributed by atoms with Crippen LogP contribution < -0.4 is 4.74 Å². The molecule has 4 heteroatoms. The molecule has 1 aromatic carbocycles. The average molecular weight is 290 g/mol. The maximum absolute atomic E-state index is 11.5. The number of hydrogen-bond donors (Lipinski definition) is 0. The fraction of sp³-hybridized carbons (Fsp3) is 0.312. The lowest BCUT2D eigenvalue weighted by molar-refractivity contribution is 0.101. The largest absolute Gasteiger partial charge is 0.494 e. The van der Waals surface area contributed by atoms with Crippen molar-refractivity contribution >= 4 is 17.5 Å². The van der Waals surface area contributed by atoms with Crippen molar-refractivity contribution in [3.63, 3.8) is 0 Å². The van der Waals surface area contributed by atoms with Gasteiger partial charge in [0.05, 0.1) is 18.6 Å². The summed E-state index contributed by atoms with van der Waals surface area (Å²) in [4.78, 5) is 11.5. The molecule has 1 heterocycles. The van der Waals surface area contributed by atoms with Crippen LogP contribution in [0.25, 0.3) is 0 Å². The van der Waals surface area contributed by atoms with Gasteiger partial charge < -0.3 is 9.15 Å². The maximum atomic E-state index is 11.5. The third-order valence-electron chi connectivity index (χ3n) is 2.85. The molecular weight excluding hydrogens is 272 g/mol. The second-order valence-corrected chi connectivity index (χ2v) is 5.37. The summed E-state index contributed by atoms with van der Waals surface area (Å²) in [5.41, 5.74) is 1.78. The van der Waals surface area contributed by atoms with E-state index in [0.717, 1.165) is 34.1 Å². The summed E-state index contributed by atoms with van der Waals surface area (Å²) in [5, 5.41) is 0. The second-order valence-electron chi connectivity index (χ2n) is 4.38. The van der Waals surface area contributed by atoms with Crippen LogP contribution in [0.5, 0.6) is 5.75 Å². The summed E-state index contributed by atoms with van der Waals surface area (Å²) in [7, 11) is 0. The van der Waals surface area contributed by atoms with Gasteiger partial charge >= 0.3 is 0 Å². The molecule has 0 spiro atoms. The number of hydrogen-bond acceptors (Lipinski definition) is 4.